The van der Waals surface area contributed by atoms with Gasteiger partial charge in [-0.1, -0.05) is 60.7 Å². The number of unbranched alkanes of at least 4 members (excludes halogenated alkanes) is 1. The fourth-order valence-electron chi connectivity index (χ4n) is 7.58. The van der Waals surface area contributed by atoms with Crippen LogP contribution in [0.4, 0.5) is 4.79 Å². The number of aromatic hydroxyl groups is 1. The number of amides is 1. The highest BCUT2D eigenvalue weighted by Crippen LogP contribution is 2.31. The van der Waals surface area contributed by atoms with E-state index in [0.717, 1.165) is 55.6 Å². The number of carbonyl (C=O) groups is 2. The van der Waals surface area contributed by atoms with Crippen molar-refractivity contribution >= 4 is 23.0 Å². The van der Waals surface area contributed by atoms with Crippen LogP contribution in [-0.2, 0) is 16.1 Å². The molecule has 2 bridgehead atoms. The lowest BCUT2D eigenvalue weighted by Crippen LogP contribution is -2.52. The van der Waals surface area contributed by atoms with Gasteiger partial charge in [-0.2, -0.15) is 0 Å². The summed E-state index contributed by atoms with van der Waals surface area (Å²) in [5, 5.41) is 27.7. The van der Waals surface area contributed by atoms with Gasteiger partial charge in [0, 0.05) is 24.5 Å². The molecule has 4 aromatic carbocycles. The first-order chi connectivity index (χ1) is 27.3. The number of benzene rings is 4. The van der Waals surface area contributed by atoms with E-state index in [1.807, 2.05) is 60.7 Å². The van der Waals surface area contributed by atoms with E-state index >= 15 is 0 Å². The second-order valence-electron chi connectivity index (χ2n) is 14.5. The second kappa shape index (κ2) is 18.3. The van der Waals surface area contributed by atoms with Crippen LogP contribution in [0.25, 0.3) is 10.9 Å². The van der Waals surface area contributed by atoms with Crippen molar-refractivity contribution in [2.24, 2.45) is 5.92 Å². The number of nitrogens with one attached hydrogen (secondary N) is 3. The predicted octanol–water partition coefficient (Wildman–Crippen LogP) is 5.98. The third kappa shape index (κ3) is 9.75. The number of nitrogens with zero attached hydrogens (tertiary/aromatic N) is 1. The Balaban J connectivity index is 0.866. The molecule has 56 heavy (non-hydrogen) atoms. The number of aliphatic hydroxyl groups excluding tert-OH is 1. The highest BCUT2D eigenvalue weighted by molar-refractivity contribution is 5.89. The Morgan fingerprint density at radius 2 is 1.70 bits per heavy atom. The third-order valence-electron chi connectivity index (χ3n) is 10.6. The Kier molecular flexibility index (Phi) is 12.6. The van der Waals surface area contributed by atoms with Crippen LogP contribution >= 0.6 is 0 Å². The van der Waals surface area contributed by atoms with Gasteiger partial charge in [0.2, 0.25) is 5.56 Å². The predicted molar refractivity (Wildman–Crippen MR) is 212 cm³/mol. The molecule has 3 fully saturated rings. The monoisotopic (exact) mass is 760 g/mol. The minimum atomic E-state index is -0.847. The minimum absolute atomic E-state index is 0.0559. The summed E-state index contributed by atoms with van der Waals surface area (Å²) < 4.78 is 17.7. The number of carbonyl (C=O) groups excluding carboxylic acids is 2. The standard InChI is InChI=1S/C44H48N4O8/c49-37-16-14-35(36-15-17-40(51)46-42(36)37)38(50)26-45-20-4-5-23-54-43(52)33-12-6-8-29(24-33)28-55-34-13-7-11-32(25-34)41(31-9-2-1-3-10-31)47-44(53)56-39-27-48-21-18-30(39)19-22-48/h1-3,6-17,24-25,30,38-39,41,45,49-50H,4-5,18-23,26-28H2,(H,46,51)(H,47,53). The van der Waals surface area contributed by atoms with Crippen molar-refractivity contribution in [1.82, 2.24) is 20.5 Å². The van der Waals surface area contributed by atoms with Gasteiger partial charge in [0.1, 0.15) is 24.2 Å². The van der Waals surface area contributed by atoms with Crippen molar-refractivity contribution in [2.45, 2.75) is 50.5 Å². The molecule has 3 unspecified atom stereocenters. The molecule has 12 nitrogen and oxygen atoms in total. The minimum Gasteiger partial charge on any atom is -0.506 e. The molecular weight excluding hydrogens is 713 g/mol. The Hall–Kier alpha value is -5.69. The number of phenolic OH excluding ortho intramolecular Hbond substituents is 1. The number of aromatic nitrogens is 1. The lowest BCUT2D eigenvalue weighted by molar-refractivity contribution is -0.0336. The van der Waals surface area contributed by atoms with Crippen molar-refractivity contribution in [2.75, 3.05) is 39.3 Å². The van der Waals surface area contributed by atoms with E-state index < -0.39 is 24.2 Å². The van der Waals surface area contributed by atoms with Gasteiger partial charge in [-0.05, 0) is 110 Å². The molecule has 3 aliphatic heterocycles. The summed E-state index contributed by atoms with van der Waals surface area (Å²) in [6.45, 7) is 4.28. The number of alkyl carbamates (subject to hydrolysis) is 1. The molecule has 4 heterocycles. The molecule has 3 aliphatic rings. The zero-order valence-corrected chi connectivity index (χ0v) is 31.2. The molecule has 1 aromatic heterocycles. The van der Waals surface area contributed by atoms with Crippen LogP contribution in [0.2, 0.25) is 0 Å². The molecular formula is C44H48N4O8. The average molecular weight is 761 g/mol. The summed E-state index contributed by atoms with van der Waals surface area (Å²) in [5.74, 6) is 0.560. The lowest BCUT2D eigenvalue weighted by Gasteiger charge is -2.43. The van der Waals surface area contributed by atoms with E-state index in [1.165, 1.54) is 12.1 Å². The number of hydrogen-bond donors (Lipinski definition) is 5. The van der Waals surface area contributed by atoms with E-state index in [1.54, 1.807) is 30.3 Å². The number of pyridine rings is 1. The Bertz CT molecular complexity index is 2170. The Morgan fingerprint density at radius 1 is 0.893 bits per heavy atom. The quantitative estimate of drug-likeness (QED) is 0.0598. The smallest absolute Gasteiger partial charge is 0.408 e. The molecule has 0 radical (unpaired) electrons. The van der Waals surface area contributed by atoms with Crippen molar-refractivity contribution in [3.63, 3.8) is 0 Å². The largest absolute Gasteiger partial charge is 0.506 e. The first-order valence-electron chi connectivity index (χ1n) is 19.3. The summed E-state index contributed by atoms with van der Waals surface area (Å²) in [6.07, 6.45) is 2.10. The normalized spacial score (nSPS) is 18.6. The van der Waals surface area contributed by atoms with Crippen LogP contribution in [0.1, 0.15) is 70.4 Å². The molecule has 5 N–H and O–H groups in total. The molecule has 12 heteroatoms. The van der Waals surface area contributed by atoms with E-state index in [4.69, 9.17) is 14.2 Å². The molecule has 0 saturated carbocycles. The van der Waals surface area contributed by atoms with Gasteiger partial charge in [-0.25, -0.2) is 9.59 Å². The highest BCUT2D eigenvalue weighted by Gasteiger charge is 2.37. The van der Waals surface area contributed by atoms with Crippen molar-refractivity contribution in [1.29, 1.82) is 0 Å². The molecule has 5 aromatic rings. The summed E-state index contributed by atoms with van der Waals surface area (Å²) in [4.78, 5) is 42.7. The number of H-pyrrole nitrogens is 1. The number of aliphatic hydroxyl groups is 1. The van der Waals surface area contributed by atoms with E-state index in [2.05, 4.69) is 20.5 Å². The van der Waals surface area contributed by atoms with Crippen LogP contribution in [0.5, 0.6) is 11.5 Å². The topological polar surface area (TPSA) is 162 Å². The highest BCUT2D eigenvalue weighted by atomic mass is 16.6. The average Bonchev–Trinajstić information content (AvgIpc) is 3.23. The fourth-order valence-corrected chi connectivity index (χ4v) is 7.58. The number of rotatable bonds is 16. The van der Waals surface area contributed by atoms with E-state index in [-0.39, 0.29) is 37.2 Å². The number of fused-ring (bicyclic) bond motifs is 4. The second-order valence-corrected chi connectivity index (χ2v) is 14.5. The maximum atomic E-state index is 13.2. The van der Waals surface area contributed by atoms with Gasteiger partial charge in [-0.15, -0.1) is 0 Å². The van der Waals surface area contributed by atoms with Gasteiger partial charge < -0.3 is 40.0 Å². The van der Waals surface area contributed by atoms with E-state index in [0.29, 0.717) is 46.7 Å². The van der Waals surface area contributed by atoms with Crippen LogP contribution in [0.3, 0.4) is 0 Å². The van der Waals surface area contributed by atoms with Gasteiger partial charge in [-0.3, -0.25) is 9.69 Å². The summed E-state index contributed by atoms with van der Waals surface area (Å²) in [6, 6.07) is 30.2. The number of phenols is 1. The zero-order valence-electron chi connectivity index (χ0n) is 31.2. The van der Waals surface area contributed by atoms with Crippen LogP contribution in [-0.4, -0.2) is 77.6 Å². The Labute approximate surface area is 325 Å². The molecule has 292 valence electrons. The lowest BCUT2D eigenvalue weighted by atomic mass is 9.86. The van der Waals surface area contributed by atoms with Crippen LogP contribution < -0.4 is 20.9 Å². The van der Waals surface area contributed by atoms with Crippen LogP contribution in [0.15, 0.2) is 108 Å². The maximum Gasteiger partial charge on any atom is 0.408 e. The number of esters is 1. The maximum absolute atomic E-state index is 13.2. The van der Waals surface area contributed by atoms with Gasteiger partial charge >= 0.3 is 12.1 Å². The molecule has 3 saturated heterocycles. The van der Waals surface area contributed by atoms with Crippen molar-refractivity contribution in [3.05, 3.63) is 141 Å². The SMILES string of the molecule is O=C(NC(c1ccccc1)c1cccc(OCc2cccc(C(=O)OCCCCNCC(O)c3ccc(O)c4[nH]c(=O)ccc34)c2)c1)OC1CN2CCC1CC2. The number of ether oxygens (including phenoxy) is 3. The summed E-state index contributed by atoms with van der Waals surface area (Å²) in [7, 11) is 0. The molecule has 0 aliphatic carbocycles. The number of hydrogen-bond acceptors (Lipinski definition) is 10. The molecule has 0 spiro atoms. The van der Waals surface area contributed by atoms with Gasteiger partial charge in [0.25, 0.3) is 0 Å². The summed E-state index contributed by atoms with van der Waals surface area (Å²) in [5.41, 5.74) is 3.57. The van der Waals surface area contributed by atoms with Crippen molar-refractivity contribution in [3.8, 4) is 11.5 Å². The van der Waals surface area contributed by atoms with Gasteiger partial charge in [0.15, 0.2) is 0 Å². The number of piperidine rings is 3. The Morgan fingerprint density at radius 3 is 2.50 bits per heavy atom. The summed E-state index contributed by atoms with van der Waals surface area (Å²) >= 11 is 0. The molecule has 8 rings (SSSR count). The molecule has 1 amide bonds. The van der Waals surface area contributed by atoms with E-state index in [9.17, 15) is 24.6 Å². The number of aromatic amines is 1. The van der Waals surface area contributed by atoms with Gasteiger partial charge in [0.05, 0.1) is 29.8 Å². The zero-order chi connectivity index (χ0) is 38.9. The van der Waals surface area contributed by atoms with Crippen molar-refractivity contribution < 1.29 is 34.0 Å². The first kappa shape index (κ1) is 38.6. The third-order valence-corrected chi connectivity index (χ3v) is 10.6. The fraction of sp³-hybridized carbons (Fsp3) is 0.341. The first-order valence-corrected chi connectivity index (χ1v) is 19.3. The molecule has 3 atom stereocenters. The van der Waals surface area contributed by atoms with Crippen LogP contribution in [0, 0.1) is 5.92 Å².